The Labute approximate surface area is 231 Å². The van der Waals surface area contributed by atoms with Crippen LogP contribution in [-0.2, 0) is 22.7 Å². The quantitative estimate of drug-likeness (QED) is 0.345. The van der Waals surface area contributed by atoms with Crippen molar-refractivity contribution in [3.63, 3.8) is 0 Å². The lowest BCUT2D eigenvalue weighted by atomic mass is 10.0. The summed E-state index contributed by atoms with van der Waals surface area (Å²) in [5.41, 5.74) is 4.74. The molecule has 2 aromatic heterocycles. The molecule has 3 heterocycles. The first-order valence-corrected chi connectivity index (χ1v) is 13.4. The third kappa shape index (κ3) is 4.64. The lowest BCUT2D eigenvalue weighted by Crippen LogP contribution is -2.46. The van der Waals surface area contributed by atoms with Gasteiger partial charge in [0.1, 0.15) is 24.1 Å². The van der Waals surface area contributed by atoms with Crippen molar-refractivity contribution in [2.75, 3.05) is 5.32 Å². The second-order valence-electron chi connectivity index (χ2n) is 10.7. The smallest absolute Gasteiger partial charge is 0.247 e. The second-order valence-corrected chi connectivity index (χ2v) is 10.7. The third-order valence-electron chi connectivity index (χ3n) is 7.87. The highest BCUT2D eigenvalue weighted by molar-refractivity contribution is 6.06. The molecular formula is C30H30N6O4. The number of anilines is 1. The highest BCUT2D eigenvalue weighted by Crippen LogP contribution is 2.48. The van der Waals surface area contributed by atoms with Crippen LogP contribution in [0.3, 0.4) is 0 Å². The molecule has 204 valence electrons. The fourth-order valence-electron chi connectivity index (χ4n) is 5.70. The molecule has 40 heavy (non-hydrogen) atoms. The van der Waals surface area contributed by atoms with Crippen molar-refractivity contribution in [2.45, 2.75) is 58.8 Å². The lowest BCUT2D eigenvalue weighted by Gasteiger charge is -2.27. The van der Waals surface area contributed by atoms with Gasteiger partial charge in [-0.25, -0.2) is 9.97 Å². The first-order valence-electron chi connectivity index (χ1n) is 13.4. The van der Waals surface area contributed by atoms with Crippen LogP contribution in [-0.4, -0.2) is 59.4 Å². The largest absolute Gasteiger partial charge is 0.392 e. The first-order chi connectivity index (χ1) is 19.2. The Bertz CT molecular complexity index is 1660. The number of hydrogen-bond donors (Lipinski definition) is 2. The molecule has 2 N–H and O–H groups in total. The normalized spacial score (nSPS) is 19.5. The van der Waals surface area contributed by atoms with E-state index in [-0.39, 0.29) is 42.5 Å². The molecule has 6 rings (SSSR count). The molecule has 0 radical (unpaired) electrons. The van der Waals surface area contributed by atoms with Crippen LogP contribution in [0.1, 0.15) is 47.2 Å². The summed E-state index contributed by atoms with van der Waals surface area (Å²) < 4.78 is 1.55. The maximum Gasteiger partial charge on any atom is 0.247 e. The van der Waals surface area contributed by atoms with Gasteiger partial charge in [-0.1, -0.05) is 18.2 Å². The number of fused-ring (bicyclic) bond motifs is 2. The molecule has 2 amide bonds. The molecule has 3 atom stereocenters. The number of nitrogens with zero attached hydrogens (tertiary/aromatic N) is 5. The molecular weight excluding hydrogens is 508 g/mol. The van der Waals surface area contributed by atoms with Gasteiger partial charge >= 0.3 is 0 Å². The third-order valence-corrected chi connectivity index (χ3v) is 7.87. The number of Topliss-reactive ketones (excluding diaryl/α,β-unsaturated/α-hetero) is 1. The van der Waals surface area contributed by atoms with Crippen LogP contribution in [0.2, 0.25) is 0 Å². The number of piperidine rings is 1. The number of aryl methyl sites for hydroxylation is 2. The van der Waals surface area contributed by atoms with Gasteiger partial charge in [0.15, 0.2) is 5.78 Å². The Morgan fingerprint density at radius 3 is 2.52 bits per heavy atom. The van der Waals surface area contributed by atoms with Crippen molar-refractivity contribution < 1.29 is 19.5 Å². The van der Waals surface area contributed by atoms with E-state index in [1.807, 2.05) is 44.2 Å². The van der Waals surface area contributed by atoms with Gasteiger partial charge in [0.25, 0.3) is 0 Å². The van der Waals surface area contributed by atoms with Crippen LogP contribution >= 0.6 is 0 Å². The van der Waals surface area contributed by atoms with E-state index in [4.69, 9.17) is 0 Å². The number of amides is 2. The predicted molar refractivity (Wildman–Crippen MR) is 148 cm³/mol. The standard InChI is InChI=1S/C30H30N6O4/c1-16-4-5-20(15-37)24(8-16)33-30(40)27-11-21-10-26(21)36(27)28(39)14-35-25-7-6-19(22-12-31-18(3)32-13-22)9-23(25)29(34-35)17(2)38/h4-9,12-13,21,26-27,37H,10-11,14-15H2,1-3H3,(H,33,40)/t21-,26-,27+/m1/s1. The molecule has 0 spiro atoms. The SMILES string of the molecule is CC(=O)c1nn(CC(=O)N2[C@@H]3C[C@@H]3C[C@H]2C(=O)Nc2cc(C)ccc2CO)c2ccc(-c3cnc(C)nc3)cc12. The number of aliphatic hydroxyl groups excluding tert-OH is 1. The summed E-state index contributed by atoms with van der Waals surface area (Å²) in [6, 6.07) is 10.5. The Balaban J connectivity index is 1.27. The van der Waals surface area contributed by atoms with E-state index < -0.39 is 6.04 Å². The van der Waals surface area contributed by atoms with Crippen LogP contribution in [0.15, 0.2) is 48.8 Å². The molecule has 1 saturated heterocycles. The van der Waals surface area contributed by atoms with Crippen molar-refractivity contribution in [2.24, 2.45) is 5.92 Å². The lowest BCUT2D eigenvalue weighted by molar-refractivity contribution is -0.138. The molecule has 10 heteroatoms. The minimum Gasteiger partial charge on any atom is -0.392 e. The Hall–Kier alpha value is -4.44. The topological polar surface area (TPSA) is 130 Å². The Morgan fingerprint density at radius 2 is 1.80 bits per heavy atom. The fourth-order valence-corrected chi connectivity index (χ4v) is 5.70. The number of likely N-dealkylation sites (tertiary alicyclic amines) is 1. The van der Waals surface area contributed by atoms with E-state index in [1.165, 1.54) is 6.92 Å². The molecule has 1 aliphatic heterocycles. The van der Waals surface area contributed by atoms with E-state index in [2.05, 4.69) is 20.4 Å². The number of rotatable bonds is 7. The molecule has 1 saturated carbocycles. The second kappa shape index (κ2) is 9.95. The molecule has 10 nitrogen and oxygen atoms in total. The average molecular weight is 539 g/mol. The molecule has 2 fully saturated rings. The minimum absolute atomic E-state index is 0.0281. The molecule has 1 aliphatic carbocycles. The summed E-state index contributed by atoms with van der Waals surface area (Å²) in [6.45, 7) is 4.90. The molecule has 0 bridgehead atoms. The van der Waals surface area contributed by atoms with Crippen molar-refractivity contribution in [3.8, 4) is 11.1 Å². The van der Waals surface area contributed by atoms with Gasteiger partial charge in [0, 0.05) is 47.6 Å². The van der Waals surface area contributed by atoms with Gasteiger partial charge < -0.3 is 15.3 Å². The number of hydrogen-bond acceptors (Lipinski definition) is 7. The summed E-state index contributed by atoms with van der Waals surface area (Å²) in [4.78, 5) is 49.7. The number of aromatic nitrogens is 4. The Morgan fingerprint density at radius 1 is 1.02 bits per heavy atom. The molecule has 2 aliphatic rings. The van der Waals surface area contributed by atoms with Gasteiger partial charge in [-0.2, -0.15) is 5.10 Å². The van der Waals surface area contributed by atoms with Crippen LogP contribution < -0.4 is 5.32 Å². The number of benzene rings is 2. The van der Waals surface area contributed by atoms with Gasteiger partial charge in [0.05, 0.1) is 12.1 Å². The highest BCUT2D eigenvalue weighted by Gasteiger charge is 2.56. The zero-order valence-electron chi connectivity index (χ0n) is 22.6. The van der Waals surface area contributed by atoms with Crippen molar-refractivity contribution in [1.29, 1.82) is 0 Å². The van der Waals surface area contributed by atoms with Crippen LogP contribution in [0.5, 0.6) is 0 Å². The van der Waals surface area contributed by atoms with Crippen LogP contribution in [0, 0.1) is 19.8 Å². The molecule has 2 aromatic carbocycles. The first kappa shape index (κ1) is 25.8. The number of carbonyl (C=O) groups is 3. The number of nitrogens with one attached hydrogen (secondary N) is 1. The summed E-state index contributed by atoms with van der Waals surface area (Å²) in [5, 5.41) is 17.8. The molecule has 4 aromatic rings. The van der Waals surface area contributed by atoms with Gasteiger partial charge in [-0.3, -0.25) is 19.1 Å². The van der Waals surface area contributed by atoms with E-state index in [0.717, 1.165) is 23.1 Å². The monoisotopic (exact) mass is 538 g/mol. The Kier molecular flexibility index (Phi) is 6.42. The van der Waals surface area contributed by atoms with Gasteiger partial charge in [-0.05, 0) is 61.9 Å². The van der Waals surface area contributed by atoms with Crippen molar-refractivity contribution in [3.05, 3.63) is 71.4 Å². The number of carbonyl (C=O) groups excluding carboxylic acids is 3. The van der Waals surface area contributed by atoms with Gasteiger partial charge in [0.2, 0.25) is 11.8 Å². The minimum atomic E-state index is -0.606. The van der Waals surface area contributed by atoms with E-state index in [9.17, 15) is 19.5 Å². The fraction of sp³-hybridized carbons (Fsp3) is 0.333. The van der Waals surface area contributed by atoms with E-state index in [1.54, 1.807) is 28.0 Å². The van der Waals surface area contributed by atoms with E-state index in [0.29, 0.717) is 40.3 Å². The average Bonchev–Trinajstić information content (AvgIpc) is 3.44. The summed E-state index contributed by atoms with van der Waals surface area (Å²) in [7, 11) is 0. The summed E-state index contributed by atoms with van der Waals surface area (Å²) >= 11 is 0. The summed E-state index contributed by atoms with van der Waals surface area (Å²) in [5.74, 6) is 0.288. The number of aliphatic hydroxyl groups is 1. The predicted octanol–water partition coefficient (Wildman–Crippen LogP) is 3.43. The van der Waals surface area contributed by atoms with Crippen LogP contribution in [0.25, 0.3) is 22.0 Å². The highest BCUT2D eigenvalue weighted by atomic mass is 16.3. The van der Waals surface area contributed by atoms with Crippen molar-refractivity contribution >= 4 is 34.2 Å². The zero-order valence-corrected chi connectivity index (χ0v) is 22.6. The van der Waals surface area contributed by atoms with Gasteiger partial charge in [-0.15, -0.1) is 0 Å². The maximum atomic E-state index is 13.7. The van der Waals surface area contributed by atoms with E-state index >= 15 is 0 Å². The van der Waals surface area contributed by atoms with Crippen molar-refractivity contribution in [1.82, 2.24) is 24.6 Å². The molecule has 0 unspecified atom stereocenters. The maximum absolute atomic E-state index is 13.7. The number of ketones is 1. The van der Waals surface area contributed by atoms with Crippen LogP contribution in [0.4, 0.5) is 5.69 Å². The summed E-state index contributed by atoms with van der Waals surface area (Å²) in [6.07, 6.45) is 4.94. The zero-order chi connectivity index (χ0) is 28.1.